The predicted octanol–water partition coefficient (Wildman–Crippen LogP) is 1.61. The summed E-state index contributed by atoms with van der Waals surface area (Å²) in [5, 5.41) is 11.6. The third kappa shape index (κ3) is 6.80. The molecule has 1 fully saturated rings. The first-order valence-corrected chi connectivity index (χ1v) is 7.81. The Labute approximate surface area is 127 Å². The van der Waals surface area contributed by atoms with Gasteiger partial charge in [-0.15, -0.1) is 0 Å². The fourth-order valence-corrected chi connectivity index (χ4v) is 2.61. The lowest BCUT2D eigenvalue weighted by atomic mass is 10.0. The van der Waals surface area contributed by atoms with E-state index in [0.717, 1.165) is 32.4 Å². The number of hydrogen-bond donors (Lipinski definition) is 2. The smallest absolute Gasteiger partial charge is 0.317 e. The van der Waals surface area contributed by atoms with Crippen molar-refractivity contribution in [1.29, 1.82) is 0 Å². The van der Waals surface area contributed by atoms with E-state index in [-0.39, 0.29) is 12.5 Å². The predicted molar refractivity (Wildman–Crippen MR) is 82.3 cm³/mol. The van der Waals surface area contributed by atoms with Gasteiger partial charge >= 0.3 is 12.0 Å². The molecule has 1 aliphatic heterocycles. The van der Waals surface area contributed by atoms with Crippen molar-refractivity contribution in [3.8, 4) is 0 Å². The van der Waals surface area contributed by atoms with E-state index in [0.29, 0.717) is 24.9 Å². The number of nitrogens with zero attached hydrogens (tertiary/aromatic N) is 2. The molecule has 6 nitrogen and oxygen atoms in total. The monoisotopic (exact) mass is 299 g/mol. The Morgan fingerprint density at radius 2 is 2.10 bits per heavy atom. The topological polar surface area (TPSA) is 72.9 Å². The Kier molecular flexibility index (Phi) is 7.50. The molecule has 0 radical (unpaired) electrons. The summed E-state index contributed by atoms with van der Waals surface area (Å²) in [7, 11) is 4.10. The Hall–Kier alpha value is -1.30. The fourth-order valence-electron chi connectivity index (χ4n) is 2.61. The summed E-state index contributed by atoms with van der Waals surface area (Å²) in [6.45, 7) is 4.25. The van der Waals surface area contributed by atoms with Gasteiger partial charge in [-0.3, -0.25) is 4.79 Å². The van der Waals surface area contributed by atoms with Gasteiger partial charge in [0.25, 0.3) is 0 Å². The van der Waals surface area contributed by atoms with Crippen molar-refractivity contribution < 1.29 is 14.7 Å². The molecule has 2 unspecified atom stereocenters. The first-order valence-electron chi connectivity index (χ1n) is 7.81. The van der Waals surface area contributed by atoms with Gasteiger partial charge in [0.15, 0.2) is 0 Å². The molecule has 0 aromatic rings. The highest BCUT2D eigenvalue weighted by atomic mass is 16.4. The van der Waals surface area contributed by atoms with Crippen LogP contribution < -0.4 is 5.32 Å². The number of urea groups is 1. The van der Waals surface area contributed by atoms with Crippen molar-refractivity contribution in [2.24, 2.45) is 5.92 Å². The maximum Gasteiger partial charge on any atom is 0.317 e. The average Bonchev–Trinajstić information content (AvgIpc) is 2.45. The second-order valence-electron chi connectivity index (χ2n) is 6.26. The number of carboxylic acids is 1. The maximum absolute atomic E-state index is 12.1. The molecular weight excluding hydrogens is 270 g/mol. The number of carbonyl (C=O) groups is 2. The number of piperidine rings is 1. The van der Waals surface area contributed by atoms with Gasteiger partial charge in [0.05, 0.1) is 0 Å². The zero-order chi connectivity index (χ0) is 15.8. The van der Waals surface area contributed by atoms with Gasteiger partial charge in [-0.2, -0.15) is 0 Å². The quantitative estimate of drug-likeness (QED) is 0.749. The molecule has 0 aromatic carbocycles. The zero-order valence-corrected chi connectivity index (χ0v) is 13.5. The number of amides is 2. The van der Waals surface area contributed by atoms with Gasteiger partial charge < -0.3 is 20.2 Å². The van der Waals surface area contributed by atoms with Gasteiger partial charge in [0, 0.05) is 32.1 Å². The SMILES string of the molecule is CC(CCNC(=O)N1CCCC(N(C)C)C1)CCC(=O)O. The summed E-state index contributed by atoms with van der Waals surface area (Å²) in [5.41, 5.74) is 0. The number of carboxylic acid groups (broad SMARTS) is 1. The summed E-state index contributed by atoms with van der Waals surface area (Å²) in [4.78, 5) is 26.7. The summed E-state index contributed by atoms with van der Waals surface area (Å²) in [5.74, 6) is -0.439. The Morgan fingerprint density at radius 1 is 1.38 bits per heavy atom. The molecule has 0 saturated carbocycles. The largest absolute Gasteiger partial charge is 0.481 e. The molecular formula is C15H29N3O3. The number of rotatable bonds is 7. The Bertz CT molecular complexity index is 347. The molecule has 21 heavy (non-hydrogen) atoms. The van der Waals surface area contributed by atoms with Crippen LogP contribution in [0.25, 0.3) is 0 Å². The molecule has 122 valence electrons. The summed E-state index contributed by atoms with van der Waals surface area (Å²) < 4.78 is 0. The van der Waals surface area contributed by atoms with Crippen LogP contribution in [0, 0.1) is 5.92 Å². The van der Waals surface area contributed by atoms with Crippen molar-refractivity contribution in [1.82, 2.24) is 15.1 Å². The average molecular weight is 299 g/mol. The lowest BCUT2D eigenvalue weighted by molar-refractivity contribution is -0.137. The number of likely N-dealkylation sites (N-methyl/N-ethyl adjacent to an activating group) is 1. The van der Waals surface area contributed by atoms with Crippen LogP contribution in [0.1, 0.15) is 39.0 Å². The summed E-state index contributed by atoms with van der Waals surface area (Å²) in [6.07, 6.45) is 3.88. The fraction of sp³-hybridized carbons (Fsp3) is 0.867. The molecule has 0 bridgehead atoms. The van der Waals surface area contributed by atoms with E-state index in [1.54, 1.807) is 0 Å². The summed E-state index contributed by atoms with van der Waals surface area (Å²) >= 11 is 0. The minimum absolute atomic E-state index is 0.00647. The maximum atomic E-state index is 12.1. The first kappa shape index (κ1) is 17.8. The van der Waals surface area contributed by atoms with E-state index in [1.165, 1.54) is 0 Å². The van der Waals surface area contributed by atoms with E-state index >= 15 is 0 Å². The molecule has 0 spiro atoms. The Balaban J connectivity index is 2.22. The van der Waals surface area contributed by atoms with Crippen LogP contribution in [0.3, 0.4) is 0 Å². The van der Waals surface area contributed by atoms with E-state index in [2.05, 4.69) is 24.3 Å². The first-order chi connectivity index (χ1) is 9.90. The minimum atomic E-state index is -0.756. The van der Waals surface area contributed by atoms with Crippen molar-refractivity contribution in [3.63, 3.8) is 0 Å². The van der Waals surface area contributed by atoms with Gasteiger partial charge in [0.1, 0.15) is 0 Å². The molecule has 1 saturated heterocycles. The van der Waals surface area contributed by atoms with Crippen LogP contribution in [0.4, 0.5) is 4.79 Å². The molecule has 1 rings (SSSR count). The van der Waals surface area contributed by atoms with Crippen molar-refractivity contribution in [3.05, 3.63) is 0 Å². The van der Waals surface area contributed by atoms with Crippen molar-refractivity contribution in [2.45, 2.75) is 45.1 Å². The third-order valence-corrected chi connectivity index (χ3v) is 4.18. The van der Waals surface area contributed by atoms with E-state index in [1.807, 2.05) is 11.8 Å². The van der Waals surface area contributed by atoms with Crippen LogP contribution in [0.15, 0.2) is 0 Å². The number of aliphatic carboxylic acids is 1. The lowest BCUT2D eigenvalue weighted by Crippen LogP contribution is -2.50. The Morgan fingerprint density at radius 3 is 2.71 bits per heavy atom. The summed E-state index contributed by atoms with van der Waals surface area (Å²) in [6, 6.07) is 0.450. The van der Waals surface area contributed by atoms with Crippen LogP contribution in [0.5, 0.6) is 0 Å². The standard InChI is InChI=1S/C15H29N3O3/c1-12(6-7-14(19)20)8-9-16-15(21)18-10-4-5-13(11-18)17(2)3/h12-13H,4-11H2,1-3H3,(H,16,21)(H,19,20). The van der Waals surface area contributed by atoms with E-state index < -0.39 is 5.97 Å². The zero-order valence-electron chi connectivity index (χ0n) is 13.5. The van der Waals surface area contributed by atoms with Gasteiger partial charge in [0.2, 0.25) is 0 Å². The van der Waals surface area contributed by atoms with E-state index in [9.17, 15) is 9.59 Å². The number of nitrogens with one attached hydrogen (secondary N) is 1. The molecule has 1 aliphatic rings. The van der Waals surface area contributed by atoms with Gasteiger partial charge in [-0.1, -0.05) is 6.92 Å². The van der Waals surface area contributed by atoms with Crippen LogP contribution >= 0.6 is 0 Å². The highest BCUT2D eigenvalue weighted by Gasteiger charge is 2.24. The molecule has 2 N–H and O–H groups in total. The normalized spacial score (nSPS) is 20.4. The number of carbonyl (C=O) groups excluding carboxylic acids is 1. The molecule has 1 heterocycles. The molecule has 0 aromatic heterocycles. The van der Waals surface area contributed by atoms with Crippen LogP contribution in [-0.4, -0.2) is 66.7 Å². The molecule has 2 atom stereocenters. The number of likely N-dealkylation sites (tertiary alicyclic amines) is 1. The third-order valence-electron chi connectivity index (χ3n) is 4.18. The molecule has 2 amide bonds. The second kappa shape index (κ2) is 8.87. The van der Waals surface area contributed by atoms with Crippen LogP contribution in [-0.2, 0) is 4.79 Å². The van der Waals surface area contributed by atoms with Crippen molar-refractivity contribution in [2.75, 3.05) is 33.7 Å². The van der Waals surface area contributed by atoms with Crippen molar-refractivity contribution >= 4 is 12.0 Å². The van der Waals surface area contributed by atoms with Crippen LogP contribution in [0.2, 0.25) is 0 Å². The number of hydrogen-bond acceptors (Lipinski definition) is 3. The van der Waals surface area contributed by atoms with E-state index in [4.69, 9.17) is 5.11 Å². The molecule has 0 aliphatic carbocycles. The highest BCUT2D eigenvalue weighted by Crippen LogP contribution is 2.14. The van der Waals surface area contributed by atoms with Gasteiger partial charge in [-0.05, 0) is 45.7 Å². The van der Waals surface area contributed by atoms with Gasteiger partial charge in [-0.25, -0.2) is 4.79 Å². The highest BCUT2D eigenvalue weighted by molar-refractivity contribution is 5.74. The lowest BCUT2D eigenvalue weighted by Gasteiger charge is -2.36. The minimum Gasteiger partial charge on any atom is -0.481 e. The molecule has 6 heteroatoms. The second-order valence-corrected chi connectivity index (χ2v) is 6.26.